The summed E-state index contributed by atoms with van der Waals surface area (Å²) in [6, 6.07) is 1.93. The van der Waals surface area contributed by atoms with Crippen LogP contribution in [0.1, 0.15) is 18.4 Å². The van der Waals surface area contributed by atoms with Gasteiger partial charge >= 0.3 is 18.2 Å². The maximum atomic E-state index is 12.6. The van der Waals surface area contributed by atoms with E-state index in [4.69, 9.17) is 5.11 Å². The number of nitrogens with one attached hydrogen (secondary N) is 2. The van der Waals surface area contributed by atoms with Crippen LogP contribution in [0.5, 0.6) is 0 Å². The minimum absolute atomic E-state index is 0.0940. The summed E-state index contributed by atoms with van der Waals surface area (Å²) in [4.78, 5) is 22.6. The molecule has 3 N–H and O–H groups in total. The summed E-state index contributed by atoms with van der Waals surface area (Å²) in [5.74, 6) is -1.17. The highest BCUT2D eigenvalue weighted by Gasteiger charge is 2.51. The summed E-state index contributed by atoms with van der Waals surface area (Å²) >= 11 is 3.02. The maximum Gasteiger partial charge on any atom is 0.416 e. The zero-order chi connectivity index (χ0) is 15.8. The van der Waals surface area contributed by atoms with Crippen LogP contribution in [-0.4, -0.2) is 22.6 Å². The molecule has 0 bridgehead atoms. The van der Waals surface area contributed by atoms with E-state index < -0.39 is 29.3 Å². The normalized spacial score (nSPS) is 16.2. The molecule has 2 rings (SSSR count). The third-order valence-corrected chi connectivity index (χ3v) is 3.75. The molecule has 21 heavy (non-hydrogen) atoms. The van der Waals surface area contributed by atoms with Gasteiger partial charge in [0.05, 0.1) is 11.3 Å². The van der Waals surface area contributed by atoms with Crippen LogP contribution in [0.15, 0.2) is 22.7 Å². The number of hydrogen-bond acceptors (Lipinski definition) is 2. The first kappa shape index (κ1) is 15.6. The standard InChI is InChI=1S/C12H10BrF3N2O3/c13-7-2-1-6(12(14,15)16)5-8(7)17-10(21)18-11(3-4-11)9(19)20/h1-2,5H,3-4H2,(H,19,20)(H2,17,18,21). The molecular weight excluding hydrogens is 357 g/mol. The van der Waals surface area contributed by atoms with Gasteiger partial charge in [0.2, 0.25) is 0 Å². The van der Waals surface area contributed by atoms with Crippen molar-refractivity contribution in [3.63, 3.8) is 0 Å². The first-order valence-corrected chi connectivity index (χ1v) is 6.63. The van der Waals surface area contributed by atoms with Crippen molar-refractivity contribution in [2.45, 2.75) is 24.6 Å². The lowest BCUT2D eigenvalue weighted by molar-refractivity contribution is -0.140. The Labute approximate surface area is 125 Å². The van der Waals surface area contributed by atoms with E-state index in [0.717, 1.165) is 18.2 Å². The Morgan fingerprint density at radius 1 is 1.29 bits per heavy atom. The van der Waals surface area contributed by atoms with E-state index in [-0.39, 0.29) is 10.2 Å². The van der Waals surface area contributed by atoms with E-state index in [1.807, 2.05) is 0 Å². The molecule has 0 spiro atoms. The fraction of sp³-hybridized carbons (Fsp3) is 0.333. The molecule has 0 atom stereocenters. The molecule has 1 fully saturated rings. The molecule has 0 aromatic heterocycles. The molecule has 1 aliphatic carbocycles. The van der Waals surface area contributed by atoms with Crippen molar-refractivity contribution in [3.8, 4) is 0 Å². The maximum absolute atomic E-state index is 12.6. The largest absolute Gasteiger partial charge is 0.480 e. The summed E-state index contributed by atoms with van der Waals surface area (Å²) in [6.45, 7) is 0. The Hall–Kier alpha value is -1.77. The monoisotopic (exact) mass is 366 g/mol. The van der Waals surface area contributed by atoms with Crippen molar-refractivity contribution in [2.24, 2.45) is 0 Å². The third-order valence-electron chi connectivity index (χ3n) is 3.05. The lowest BCUT2D eigenvalue weighted by Gasteiger charge is -2.15. The molecule has 0 aliphatic heterocycles. The number of carbonyl (C=O) groups excluding carboxylic acids is 1. The highest BCUT2D eigenvalue weighted by atomic mass is 79.9. The summed E-state index contributed by atoms with van der Waals surface area (Å²) in [7, 11) is 0. The number of carboxylic acid groups (broad SMARTS) is 1. The Kier molecular flexibility index (Phi) is 3.87. The van der Waals surface area contributed by atoms with Gasteiger partial charge in [-0.2, -0.15) is 13.2 Å². The second-order valence-corrected chi connectivity index (χ2v) is 5.51. The molecule has 0 saturated heterocycles. The summed E-state index contributed by atoms with van der Waals surface area (Å²) in [5.41, 5.74) is -2.32. The van der Waals surface area contributed by atoms with E-state index >= 15 is 0 Å². The first-order valence-electron chi connectivity index (χ1n) is 5.83. The zero-order valence-electron chi connectivity index (χ0n) is 10.4. The molecule has 1 aromatic carbocycles. The average Bonchev–Trinajstić information content (AvgIpc) is 3.11. The van der Waals surface area contributed by atoms with Gasteiger partial charge in [0.25, 0.3) is 0 Å². The molecule has 0 radical (unpaired) electrons. The van der Waals surface area contributed by atoms with Crippen LogP contribution in [0.2, 0.25) is 0 Å². The number of rotatable bonds is 3. The fourth-order valence-electron chi connectivity index (χ4n) is 1.69. The van der Waals surface area contributed by atoms with Crippen molar-refractivity contribution >= 4 is 33.6 Å². The van der Waals surface area contributed by atoms with Crippen molar-refractivity contribution in [1.29, 1.82) is 0 Å². The van der Waals surface area contributed by atoms with E-state index in [1.165, 1.54) is 0 Å². The van der Waals surface area contributed by atoms with E-state index in [0.29, 0.717) is 12.8 Å². The van der Waals surface area contributed by atoms with Crippen molar-refractivity contribution in [3.05, 3.63) is 28.2 Å². The van der Waals surface area contributed by atoms with Gasteiger partial charge in [-0.1, -0.05) is 0 Å². The molecule has 9 heteroatoms. The summed E-state index contributed by atoms with van der Waals surface area (Å²) < 4.78 is 38.1. The Morgan fingerprint density at radius 3 is 2.38 bits per heavy atom. The quantitative estimate of drug-likeness (QED) is 0.768. The van der Waals surface area contributed by atoms with Gasteiger partial charge < -0.3 is 15.7 Å². The molecular formula is C12H10BrF3N2O3. The van der Waals surface area contributed by atoms with Crippen LogP contribution >= 0.6 is 15.9 Å². The lowest BCUT2D eigenvalue weighted by Crippen LogP contribution is -2.45. The second-order valence-electron chi connectivity index (χ2n) is 4.66. The highest BCUT2D eigenvalue weighted by Crippen LogP contribution is 2.36. The van der Waals surface area contributed by atoms with Crippen molar-refractivity contribution < 1.29 is 27.9 Å². The lowest BCUT2D eigenvalue weighted by atomic mass is 10.2. The van der Waals surface area contributed by atoms with Gasteiger partial charge in [-0.05, 0) is 47.0 Å². The molecule has 5 nitrogen and oxygen atoms in total. The van der Waals surface area contributed by atoms with Crippen LogP contribution in [0.3, 0.4) is 0 Å². The van der Waals surface area contributed by atoms with Crippen LogP contribution in [-0.2, 0) is 11.0 Å². The van der Waals surface area contributed by atoms with Crippen LogP contribution in [0.4, 0.5) is 23.7 Å². The molecule has 2 amide bonds. The minimum atomic E-state index is -4.54. The first-order chi connectivity index (χ1) is 9.64. The number of alkyl halides is 3. The van der Waals surface area contributed by atoms with Gasteiger partial charge in [-0.25, -0.2) is 9.59 Å². The number of urea groups is 1. The molecule has 0 heterocycles. The molecule has 1 aromatic rings. The van der Waals surface area contributed by atoms with Crippen LogP contribution in [0, 0.1) is 0 Å². The summed E-state index contributed by atoms with van der Waals surface area (Å²) in [5, 5.41) is 13.4. The van der Waals surface area contributed by atoms with Gasteiger partial charge in [0, 0.05) is 4.47 Å². The van der Waals surface area contributed by atoms with E-state index in [9.17, 15) is 22.8 Å². The number of halogens is 4. The number of benzene rings is 1. The van der Waals surface area contributed by atoms with Gasteiger partial charge in [-0.3, -0.25) is 0 Å². The third kappa shape index (κ3) is 3.46. The summed E-state index contributed by atoms with van der Waals surface area (Å²) in [6.07, 6.45) is -3.95. The predicted molar refractivity (Wildman–Crippen MR) is 70.9 cm³/mol. The number of aliphatic carboxylic acids is 1. The predicted octanol–water partition coefficient (Wildman–Crippen LogP) is 3.21. The highest BCUT2D eigenvalue weighted by molar-refractivity contribution is 9.10. The number of carbonyl (C=O) groups is 2. The molecule has 114 valence electrons. The van der Waals surface area contributed by atoms with Gasteiger partial charge in [-0.15, -0.1) is 0 Å². The zero-order valence-corrected chi connectivity index (χ0v) is 12.0. The molecule has 1 saturated carbocycles. The number of hydrogen-bond donors (Lipinski definition) is 3. The fourth-order valence-corrected chi connectivity index (χ4v) is 2.03. The Morgan fingerprint density at radius 2 is 1.90 bits per heavy atom. The molecule has 0 unspecified atom stereocenters. The minimum Gasteiger partial charge on any atom is -0.480 e. The van der Waals surface area contributed by atoms with Gasteiger partial charge in [0.1, 0.15) is 5.54 Å². The van der Waals surface area contributed by atoms with Crippen molar-refractivity contribution in [1.82, 2.24) is 5.32 Å². The topological polar surface area (TPSA) is 78.4 Å². The Balaban J connectivity index is 2.12. The van der Waals surface area contributed by atoms with Gasteiger partial charge in [0.15, 0.2) is 0 Å². The SMILES string of the molecule is O=C(Nc1cc(C(F)(F)F)ccc1Br)NC1(C(=O)O)CC1. The number of anilines is 1. The number of amides is 2. The number of carboxylic acids is 1. The van der Waals surface area contributed by atoms with Crippen LogP contribution in [0.25, 0.3) is 0 Å². The Bertz CT molecular complexity index is 600. The van der Waals surface area contributed by atoms with Crippen molar-refractivity contribution in [2.75, 3.05) is 5.32 Å². The van der Waals surface area contributed by atoms with E-state index in [2.05, 4.69) is 26.6 Å². The van der Waals surface area contributed by atoms with Crippen LogP contribution < -0.4 is 10.6 Å². The smallest absolute Gasteiger partial charge is 0.416 e. The average molecular weight is 367 g/mol. The molecule has 1 aliphatic rings. The second kappa shape index (κ2) is 5.21. The van der Waals surface area contributed by atoms with E-state index in [1.54, 1.807) is 0 Å².